The Hall–Kier alpha value is -0.360. The number of halogens is 3. The molecule has 0 aliphatic carbocycles. The molecule has 0 bridgehead atoms. The summed E-state index contributed by atoms with van der Waals surface area (Å²) in [7, 11) is 0. The van der Waals surface area contributed by atoms with Crippen LogP contribution in [0.4, 0.5) is 4.39 Å². The average Bonchev–Trinajstić information content (AvgIpc) is 2.33. The van der Waals surface area contributed by atoms with E-state index < -0.39 is 5.82 Å². The molecule has 1 rings (SSSR count). The van der Waals surface area contributed by atoms with Crippen LogP contribution in [0.3, 0.4) is 0 Å². The standard InChI is InChI=1S/C13H16ClFINO/c14-12-9-10(15)5-6-11(12)13(18)17-8-4-2-1-3-7-16/h5-6,9H,1-4,7-8H2,(H,17,18). The second-order valence-electron chi connectivity index (χ2n) is 3.98. The zero-order chi connectivity index (χ0) is 13.4. The number of nitrogens with one attached hydrogen (secondary N) is 1. The minimum Gasteiger partial charge on any atom is -0.352 e. The molecule has 1 aromatic rings. The van der Waals surface area contributed by atoms with Crippen LogP contribution < -0.4 is 5.32 Å². The van der Waals surface area contributed by atoms with Crippen molar-refractivity contribution in [1.82, 2.24) is 5.32 Å². The highest BCUT2D eigenvalue weighted by Gasteiger charge is 2.09. The number of carbonyl (C=O) groups is 1. The van der Waals surface area contributed by atoms with Crippen LogP contribution in [0.15, 0.2) is 18.2 Å². The SMILES string of the molecule is O=C(NCCCCCCI)c1ccc(F)cc1Cl. The number of alkyl halides is 1. The lowest BCUT2D eigenvalue weighted by molar-refractivity contribution is 0.0953. The summed E-state index contributed by atoms with van der Waals surface area (Å²) in [4.78, 5) is 11.7. The molecule has 0 spiro atoms. The summed E-state index contributed by atoms with van der Waals surface area (Å²) >= 11 is 8.16. The Labute approximate surface area is 125 Å². The van der Waals surface area contributed by atoms with E-state index in [2.05, 4.69) is 27.9 Å². The quantitative estimate of drug-likeness (QED) is 0.427. The van der Waals surface area contributed by atoms with Gasteiger partial charge in [-0.1, -0.05) is 47.0 Å². The van der Waals surface area contributed by atoms with Gasteiger partial charge in [-0.15, -0.1) is 0 Å². The Kier molecular flexibility index (Phi) is 7.58. The maximum absolute atomic E-state index is 12.8. The van der Waals surface area contributed by atoms with Crippen LogP contribution in [-0.4, -0.2) is 16.9 Å². The van der Waals surface area contributed by atoms with Gasteiger partial charge in [0, 0.05) is 6.54 Å². The van der Waals surface area contributed by atoms with Crippen LogP contribution in [0.25, 0.3) is 0 Å². The van der Waals surface area contributed by atoms with E-state index in [1.54, 1.807) is 0 Å². The predicted molar refractivity (Wildman–Crippen MR) is 81.1 cm³/mol. The minimum absolute atomic E-state index is 0.150. The van der Waals surface area contributed by atoms with Crippen molar-refractivity contribution in [2.75, 3.05) is 11.0 Å². The maximum Gasteiger partial charge on any atom is 0.252 e. The number of carbonyl (C=O) groups excluding carboxylic acids is 1. The van der Waals surface area contributed by atoms with Crippen LogP contribution >= 0.6 is 34.2 Å². The van der Waals surface area contributed by atoms with Gasteiger partial charge < -0.3 is 5.32 Å². The van der Waals surface area contributed by atoms with E-state index in [0.717, 1.165) is 18.9 Å². The Morgan fingerprint density at radius 3 is 2.67 bits per heavy atom. The van der Waals surface area contributed by atoms with Crippen molar-refractivity contribution in [1.29, 1.82) is 0 Å². The lowest BCUT2D eigenvalue weighted by Crippen LogP contribution is -2.24. The van der Waals surface area contributed by atoms with E-state index in [-0.39, 0.29) is 10.9 Å². The van der Waals surface area contributed by atoms with Crippen LogP contribution in [0.5, 0.6) is 0 Å². The lowest BCUT2D eigenvalue weighted by Gasteiger charge is -2.06. The molecule has 5 heteroatoms. The molecule has 0 fully saturated rings. The highest BCUT2D eigenvalue weighted by Crippen LogP contribution is 2.16. The Morgan fingerprint density at radius 1 is 1.28 bits per heavy atom. The second kappa shape index (κ2) is 8.69. The van der Waals surface area contributed by atoms with Gasteiger partial charge in [0.15, 0.2) is 0 Å². The van der Waals surface area contributed by atoms with Crippen molar-refractivity contribution in [2.24, 2.45) is 0 Å². The molecule has 0 saturated carbocycles. The molecule has 0 aliphatic rings. The highest BCUT2D eigenvalue weighted by atomic mass is 127. The van der Waals surface area contributed by atoms with Crippen molar-refractivity contribution >= 4 is 40.1 Å². The smallest absolute Gasteiger partial charge is 0.252 e. The number of unbranched alkanes of at least 4 members (excludes halogenated alkanes) is 3. The van der Waals surface area contributed by atoms with Gasteiger partial charge >= 0.3 is 0 Å². The fraction of sp³-hybridized carbons (Fsp3) is 0.462. The summed E-state index contributed by atoms with van der Waals surface area (Å²) in [6, 6.07) is 3.79. The summed E-state index contributed by atoms with van der Waals surface area (Å²) in [5.41, 5.74) is 0.324. The van der Waals surface area contributed by atoms with Gasteiger partial charge in [0.05, 0.1) is 10.6 Å². The van der Waals surface area contributed by atoms with E-state index >= 15 is 0 Å². The maximum atomic E-state index is 12.8. The van der Waals surface area contributed by atoms with E-state index in [0.29, 0.717) is 12.1 Å². The molecule has 18 heavy (non-hydrogen) atoms. The highest BCUT2D eigenvalue weighted by molar-refractivity contribution is 14.1. The van der Waals surface area contributed by atoms with E-state index in [4.69, 9.17) is 11.6 Å². The molecule has 100 valence electrons. The van der Waals surface area contributed by atoms with Gasteiger partial charge in [0.1, 0.15) is 5.82 Å². The van der Waals surface area contributed by atoms with Gasteiger partial charge in [0.25, 0.3) is 5.91 Å². The van der Waals surface area contributed by atoms with Crippen LogP contribution in [0, 0.1) is 5.82 Å². The topological polar surface area (TPSA) is 29.1 Å². The number of rotatable bonds is 7. The van der Waals surface area contributed by atoms with Crippen LogP contribution in [0.2, 0.25) is 5.02 Å². The summed E-state index contributed by atoms with van der Waals surface area (Å²) in [6.45, 7) is 0.633. The molecule has 1 aromatic carbocycles. The first kappa shape index (κ1) is 15.7. The third-order valence-electron chi connectivity index (χ3n) is 2.52. The average molecular weight is 384 g/mol. The molecular formula is C13H16ClFINO. The fourth-order valence-electron chi connectivity index (χ4n) is 1.54. The van der Waals surface area contributed by atoms with Gasteiger partial charge in [-0.3, -0.25) is 4.79 Å². The second-order valence-corrected chi connectivity index (χ2v) is 5.47. The van der Waals surface area contributed by atoms with Crippen molar-refractivity contribution in [3.63, 3.8) is 0 Å². The Morgan fingerprint density at radius 2 is 2.00 bits per heavy atom. The number of hydrogen-bond donors (Lipinski definition) is 1. The number of hydrogen-bond acceptors (Lipinski definition) is 1. The van der Waals surface area contributed by atoms with Gasteiger partial charge in [0.2, 0.25) is 0 Å². The zero-order valence-electron chi connectivity index (χ0n) is 10.0. The number of amides is 1. The predicted octanol–water partition coefficient (Wildman–Crippen LogP) is 4.20. The molecule has 2 nitrogen and oxygen atoms in total. The lowest BCUT2D eigenvalue weighted by atomic mass is 10.2. The van der Waals surface area contributed by atoms with Crippen LogP contribution in [0.1, 0.15) is 36.0 Å². The number of benzene rings is 1. The van der Waals surface area contributed by atoms with Gasteiger partial charge in [-0.2, -0.15) is 0 Å². The summed E-state index contributed by atoms with van der Waals surface area (Å²) in [6.07, 6.45) is 4.48. The molecule has 0 unspecified atom stereocenters. The van der Waals surface area contributed by atoms with Crippen LogP contribution in [-0.2, 0) is 0 Å². The molecule has 0 aliphatic heterocycles. The first-order valence-corrected chi connectivity index (χ1v) is 7.84. The molecule has 0 atom stereocenters. The molecule has 0 radical (unpaired) electrons. The summed E-state index contributed by atoms with van der Waals surface area (Å²) in [5, 5.41) is 2.94. The molecule has 0 heterocycles. The third kappa shape index (κ3) is 5.52. The summed E-state index contributed by atoms with van der Waals surface area (Å²) in [5.74, 6) is -0.677. The molecular weight excluding hydrogens is 368 g/mol. The molecule has 0 saturated heterocycles. The zero-order valence-corrected chi connectivity index (χ0v) is 12.9. The van der Waals surface area contributed by atoms with Crippen molar-refractivity contribution < 1.29 is 9.18 Å². The molecule has 0 aromatic heterocycles. The van der Waals surface area contributed by atoms with E-state index in [1.165, 1.54) is 29.4 Å². The minimum atomic E-state index is -0.435. The monoisotopic (exact) mass is 383 g/mol. The first-order chi connectivity index (χ1) is 8.65. The fourth-order valence-corrected chi connectivity index (χ4v) is 2.34. The molecule has 1 N–H and O–H groups in total. The van der Waals surface area contributed by atoms with E-state index in [9.17, 15) is 9.18 Å². The first-order valence-electron chi connectivity index (χ1n) is 5.94. The van der Waals surface area contributed by atoms with Crippen molar-refractivity contribution in [3.05, 3.63) is 34.6 Å². The summed E-state index contributed by atoms with van der Waals surface area (Å²) < 4.78 is 14.0. The van der Waals surface area contributed by atoms with Crippen molar-refractivity contribution in [2.45, 2.75) is 25.7 Å². The van der Waals surface area contributed by atoms with E-state index in [1.807, 2.05) is 0 Å². The Balaban J connectivity index is 2.32. The molecule has 1 amide bonds. The van der Waals surface area contributed by atoms with Crippen molar-refractivity contribution in [3.8, 4) is 0 Å². The normalized spacial score (nSPS) is 10.4. The van der Waals surface area contributed by atoms with Gasteiger partial charge in [-0.25, -0.2) is 4.39 Å². The third-order valence-corrected chi connectivity index (χ3v) is 3.60. The Bertz CT molecular complexity index is 401. The van der Waals surface area contributed by atoms with Gasteiger partial charge in [-0.05, 0) is 35.5 Å². The largest absolute Gasteiger partial charge is 0.352 e.